The highest BCUT2D eigenvalue weighted by molar-refractivity contribution is 7.92. The molecule has 128 valence electrons. The Labute approximate surface area is 151 Å². The molecule has 2 aromatic carbocycles. The van der Waals surface area contributed by atoms with Crippen LogP contribution in [0.1, 0.15) is 23.7 Å². The molecule has 0 heterocycles. The number of hydrogen-bond donors (Lipinski definition) is 2. The van der Waals surface area contributed by atoms with Gasteiger partial charge in [0.1, 0.15) is 4.90 Å². The minimum atomic E-state index is -3.99. The van der Waals surface area contributed by atoms with Gasteiger partial charge in [-0.2, -0.15) is 0 Å². The van der Waals surface area contributed by atoms with Crippen LogP contribution < -0.4 is 10.0 Å². The summed E-state index contributed by atoms with van der Waals surface area (Å²) in [5.74, 6) is -0.354. The molecule has 0 bridgehead atoms. The first-order chi connectivity index (χ1) is 11.3. The van der Waals surface area contributed by atoms with E-state index >= 15 is 0 Å². The molecule has 24 heavy (non-hydrogen) atoms. The number of amides is 1. The van der Waals surface area contributed by atoms with E-state index in [4.69, 9.17) is 23.2 Å². The summed E-state index contributed by atoms with van der Waals surface area (Å²) < 4.78 is 27.6. The van der Waals surface area contributed by atoms with Crippen LogP contribution in [-0.2, 0) is 10.0 Å². The number of benzene rings is 2. The molecule has 0 aliphatic rings. The number of hydrogen-bond acceptors (Lipinski definition) is 3. The molecule has 0 saturated heterocycles. The summed E-state index contributed by atoms with van der Waals surface area (Å²) in [5.41, 5.74) is 0.398. The molecule has 0 aromatic heterocycles. The summed E-state index contributed by atoms with van der Waals surface area (Å²) in [5, 5.41) is 3.00. The summed E-state index contributed by atoms with van der Waals surface area (Å²) >= 11 is 11.8. The van der Waals surface area contributed by atoms with Crippen molar-refractivity contribution in [2.75, 3.05) is 11.3 Å². The Bertz CT molecular complexity index is 854. The number of carbonyl (C=O) groups excluding carboxylic acids is 1. The fourth-order valence-electron chi connectivity index (χ4n) is 1.99. The molecule has 1 amide bonds. The molecule has 0 spiro atoms. The highest BCUT2D eigenvalue weighted by Crippen LogP contribution is 2.27. The molecule has 5 nitrogen and oxygen atoms in total. The van der Waals surface area contributed by atoms with Crippen LogP contribution in [0.2, 0.25) is 10.0 Å². The van der Waals surface area contributed by atoms with Crippen LogP contribution >= 0.6 is 23.2 Å². The van der Waals surface area contributed by atoms with Crippen molar-refractivity contribution in [2.24, 2.45) is 0 Å². The summed E-state index contributed by atoms with van der Waals surface area (Å²) in [6, 6.07) is 10.5. The molecule has 0 unspecified atom stereocenters. The molecule has 8 heteroatoms. The Kier molecular flexibility index (Phi) is 6.10. The van der Waals surface area contributed by atoms with Crippen LogP contribution in [0.15, 0.2) is 47.4 Å². The highest BCUT2D eigenvalue weighted by atomic mass is 35.5. The summed E-state index contributed by atoms with van der Waals surface area (Å²) in [7, 11) is -3.99. The molecular weight excluding hydrogens is 371 g/mol. The maximum absolute atomic E-state index is 12.6. The van der Waals surface area contributed by atoms with E-state index in [1.807, 2.05) is 6.92 Å². The summed E-state index contributed by atoms with van der Waals surface area (Å²) in [6.45, 7) is 2.43. The van der Waals surface area contributed by atoms with Gasteiger partial charge in [-0.25, -0.2) is 8.42 Å². The number of rotatable bonds is 6. The third-order valence-electron chi connectivity index (χ3n) is 3.13. The average molecular weight is 387 g/mol. The van der Waals surface area contributed by atoms with Gasteiger partial charge in [-0.15, -0.1) is 0 Å². The lowest BCUT2D eigenvalue weighted by molar-refractivity contribution is 0.0954. The molecule has 0 fully saturated rings. The molecule has 2 N–H and O–H groups in total. The number of carbonyl (C=O) groups is 1. The topological polar surface area (TPSA) is 75.3 Å². The first kappa shape index (κ1) is 18.6. The Morgan fingerprint density at radius 1 is 1.12 bits per heavy atom. The van der Waals surface area contributed by atoms with Gasteiger partial charge in [0.2, 0.25) is 0 Å². The average Bonchev–Trinajstić information content (AvgIpc) is 2.55. The zero-order valence-electron chi connectivity index (χ0n) is 12.8. The van der Waals surface area contributed by atoms with Crippen molar-refractivity contribution in [1.82, 2.24) is 5.32 Å². The van der Waals surface area contributed by atoms with Gasteiger partial charge >= 0.3 is 0 Å². The number of halogens is 2. The standard InChI is InChI=1S/C16H16Cl2N2O3S/c1-2-9-19-16(21)12-5-3-4-6-14(12)20-24(22,23)15-10-11(17)7-8-13(15)18/h3-8,10,20H,2,9H2,1H3,(H,19,21). The van der Waals surface area contributed by atoms with Crippen LogP contribution in [0.4, 0.5) is 5.69 Å². The van der Waals surface area contributed by atoms with Gasteiger partial charge < -0.3 is 5.32 Å². The summed E-state index contributed by atoms with van der Waals surface area (Å²) in [6.07, 6.45) is 0.776. The van der Waals surface area contributed by atoms with Crippen molar-refractivity contribution in [3.8, 4) is 0 Å². The highest BCUT2D eigenvalue weighted by Gasteiger charge is 2.21. The first-order valence-corrected chi connectivity index (χ1v) is 9.44. The lowest BCUT2D eigenvalue weighted by Crippen LogP contribution is -2.25. The third-order valence-corrected chi connectivity index (χ3v) is 5.22. The number of anilines is 1. The molecule has 2 aromatic rings. The van der Waals surface area contributed by atoms with E-state index in [0.29, 0.717) is 6.54 Å². The van der Waals surface area contributed by atoms with E-state index in [0.717, 1.165) is 6.42 Å². The maximum Gasteiger partial charge on any atom is 0.263 e. The fourth-order valence-corrected chi connectivity index (χ4v) is 3.83. The minimum Gasteiger partial charge on any atom is -0.352 e. The van der Waals surface area contributed by atoms with Gasteiger partial charge in [-0.3, -0.25) is 9.52 Å². The van der Waals surface area contributed by atoms with E-state index in [9.17, 15) is 13.2 Å². The quantitative estimate of drug-likeness (QED) is 0.789. The maximum atomic E-state index is 12.6. The predicted molar refractivity (Wildman–Crippen MR) is 96.3 cm³/mol. The van der Waals surface area contributed by atoms with Gasteiger partial charge in [0, 0.05) is 11.6 Å². The molecule has 0 aliphatic carbocycles. The zero-order valence-corrected chi connectivity index (χ0v) is 15.2. The minimum absolute atomic E-state index is 0.0415. The first-order valence-electron chi connectivity index (χ1n) is 7.20. The van der Waals surface area contributed by atoms with Crippen molar-refractivity contribution < 1.29 is 13.2 Å². The van der Waals surface area contributed by atoms with Crippen LogP contribution in [-0.4, -0.2) is 20.9 Å². The Morgan fingerprint density at radius 2 is 1.83 bits per heavy atom. The molecule has 0 radical (unpaired) electrons. The van der Waals surface area contributed by atoms with E-state index in [1.54, 1.807) is 18.2 Å². The normalized spacial score (nSPS) is 11.1. The fraction of sp³-hybridized carbons (Fsp3) is 0.188. The molecule has 0 saturated carbocycles. The van der Waals surface area contributed by atoms with Crippen molar-refractivity contribution >= 4 is 44.8 Å². The van der Waals surface area contributed by atoms with E-state index in [2.05, 4.69) is 10.0 Å². The molecule has 0 atom stereocenters. The van der Waals surface area contributed by atoms with E-state index < -0.39 is 10.0 Å². The largest absolute Gasteiger partial charge is 0.352 e. The lowest BCUT2D eigenvalue weighted by Gasteiger charge is -2.13. The van der Waals surface area contributed by atoms with Crippen molar-refractivity contribution in [1.29, 1.82) is 0 Å². The van der Waals surface area contributed by atoms with Crippen LogP contribution in [0.5, 0.6) is 0 Å². The molecular formula is C16H16Cl2N2O3S. The number of sulfonamides is 1. The van der Waals surface area contributed by atoms with Crippen molar-refractivity contribution in [2.45, 2.75) is 18.2 Å². The molecule has 2 rings (SSSR count). The number of nitrogens with one attached hydrogen (secondary N) is 2. The second kappa shape index (κ2) is 7.88. The second-order valence-electron chi connectivity index (χ2n) is 4.98. The van der Waals surface area contributed by atoms with Gasteiger partial charge in [0.25, 0.3) is 15.9 Å². The van der Waals surface area contributed by atoms with Gasteiger partial charge in [0.15, 0.2) is 0 Å². The van der Waals surface area contributed by atoms with Crippen molar-refractivity contribution in [3.05, 3.63) is 58.1 Å². The third kappa shape index (κ3) is 4.41. The Morgan fingerprint density at radius 3 is 2.54 bits per heavy atom. The Hall–Kier alpha value is -1.76. The lowest BCUT2D eigenvalue weighted by atomic mass is 10.1. The Balaban J connectivity index is 2.37. The molecule has 0 aliphatic heterocycles. The zero-order chi connectivity index (χ0) is 17.7. The van der Waals surface area contributed by atoms with E-state index in [-0.39, 0.29) is 32.1 Å². The second-order valence-corrected chi connectivity index (χ2v) is 7.48. The smallest absolute Gasteiger partial charge is 0.263 e. The van der Waals surface area contributed by atoms with Crippen LogP contribution in [0, 0.1) is 0 Å². The number of para-hydroxylation sites is 1. The van der Waals surface area contributed by atoms with Gasteiger partial charge in [-0.1, -0.05) is 42.3 Å². The van der Waals surface area contributed by atoms with Crippen LogP contribution in [0.3, 0.4) is 0 Å². The van der Waals surface area contributed by atoms with Gasteiger partial charge in [0.05, 0.1) is 16.3 Å². The predicted octanol–water partition coefficient (Wildman–Crippen LogP) is 3.93. The van der Waals surface area contributed by atoms with Crippen molar-refractivity contribution in [3.63, 3.8) is 0 Å². The monoisotopic (exact) mass is 386 g/mol. The van der Waals surface area contributed by atoms with E-state index in [1.165, 1.54) is 24.3 Å². The van der Waals surface area contributed by atoms with Crippen LogP contribution in [0.25, 0.3) is 0 Å². The van der Waals surface area contributed by atoms with Gasteiger partial charge in [-0.05, 0) is 36.8 Å². The SMILES string of the molecule is CCCNC(=O)c1ccccc1NS(=O)(=O)c1cc(Cl)ccc1Cl. The summed E-state index contributed by atoms with van der Waals surface area (Å²) in [4.78, 5) is 12.0.